The minimum atomic E-state index is -0.912. The Labute approximate surface area is 164 Å². The number of carbonyl (C=O) groups is 2. The normalized spacial score (nSPS) is 10.9. The SMILES string of the molecule is [B]c1cc(/C=N/NC(=O)C(=O)Nc2ccc3ccccc3c2)cc(Br)c1O. The molecule has 0 bridgehead atoms. The molecule has 3 N–H and O–H groups in total. The molecule has 2 radical (unpaired) electrons. The van der Waals surface area contributed by atoms with E-state index in [0.717, 1.165) is 10.8 Å². The highest BCUT2D eigenvalue weighted by Gasteiger charge is 2.13. The van der Waals surface area contributed by atoms with Crippen molar-refractivity contribution in [3.63, 3.8) is 0 Å². The Morgan fingerprint density at radius 3 is 2.52 bits per heavy atom. The largest absolute Gasteiger partial charge is 0.507 e. The maximum absolute atomic E-state index is 12.0. The van der Waals surface area contributed by atoms with Crippen molar-refractivity contribution in [3.05, 3.63) is 64.6 Å². The first-order valence-electron chi connectivity index (χ1n) is 7.85. The Bertz CT molecular complexity index is 1050. The molecule has 0 aromatic heterocycles. The molecule has 3 aromatic rings. The lowest BCUT2D eigenvalue weighted by Crippen LogP contribution is -2.32. The standard InChI is InChI=1S/C19H13BBrN3O3/c20-15-7-11(8-16(21)17(15)25)10-22-24-19(27)18(26)23-14-6-5-12-3-1-2-4-13(12)9-14/h1-10,25H,(H,23,26)(H,24,27)/b22-10+. The lowest BCUT2D eigenvalue weighted by atomic mass is 9.93. The Hall–Kier alpha value is -3.13. The molecule has 0 saturated heterocycles. The van der Waals surface area contributed by atoms with Gasteiger partial charge in [0.15, 0.2) is 0 Å². The maximum atomic E-state index is 12.0. The number of aromatic hydroxyl groups is 1. The Morgan fingerprint density at radius 1 is 1.04 bits per heavy atom. The van der Waals surface area contributed by atoms with Gasteiger partial charge < -0.3 is 10.4 Å². The zero-order valence-electron chi connectivity index (χ0n) is 13.9. The fourth-order valence-corrected chi connectivity index (χ4v) is 2.88. The average Bonchev–Trinajstić information content (AvgIpc) is 2.65. The van der Waals surface area contributed by atoms with Crippen molar-refractivity contribution in [2.45, 2.75) is 0 Å². The number of anilines is 1. The monoisotopic (exact) mass is 421 g/mol. The zero-order valence-corrected chi connectivity index (χ0v) is 15.5. The number of fused-ring (bicyclic) bond motifs is 1. The predicted molar refractivity (Wildman–Crippen MR) is 110 cm³/mol. The molecule has 0 fully saturated rings. The highest BCUT2D eigenvalue weighted by molar-refractivity contribution is 9.10. The molecule has 132 valence electrons. The third kappa shape index (κ3) is 4.54. The molecule has 6 nitrogen and oxygen atoms in total. The van der Waals surface area contributed by atoms with Crippen LogP contribution in [-0.4, -0.2) is 31.0 Å². The Morgan fingerprint density at radius 2 is 1.78 bits per heavy atom. The van der Waals surface area contributed by atoms with Crippen LogP contribution in [0.2, 0.25) is 0 Å². The van der Waals surface area contributed by atoms with Gasteiger partial charge in [-0.25, -0.2) is 5.43 Å². The summed E-state index contributed by atoms with van der Waals surface area (Å²) in [5.41, 5.74) is 3.34. The van der Waals surface area contributed by atoms with Crippen molar-refractivity contribution in [1.29, 1.82) is 0 Å². The number of benzene rings is 3. The second kappa shape index (κ2) is 8.05. The smallest absolute Gasteiger partial charge is 0.329 e. The quantitative estimate of drug-likeness (QED) is 0.262. The zero-order chi connectivity index (χ0) is 19.4. The van der Waals surface area contributed by atoms with Gasteiger partial charge in [0.1, 0.15) is 13.6 Å². The summed E-state index contributed by atoms with van der Waals surface area (Å²) in [4.78, 5) is 23.9. The molecule has 0 aliphatic carbocycles. The van der Waals surface area contributed by atoms with Crippen molar-refractivity contribution in [3.8, 4) is 5.75 Å². The van der Waals surface area contributed by atoms with Crippen LogP contribution in [0.25, 0.3) is 10.8 Å². The van der Waals surface area contributed by atoms with Crippen LogP contribution in [0.15, 0.2) is 64.2 Å². The van der Waals surface area contributed by atoms with Crippen molar-refractivity contribution >= 4 is 63.7 Å². The van der Waals surface area contributed by atoms with Crippen LogP contribution in [0.5, 0.6) is 5.75 Å². The van der Waals surface area contributed by atoms with Gasteiger partial charge in [-0.15, -0.1) is 0 Å². The summed E-state index contributed by atoms with van der Waals surface area (Å²) in [6.45, 7) is 0. The van der Waals surface area contributed by atoms with Crippen LogP contribution in [0.3, 0.4) is 0 Å². The van der Waals surface area contributed by atoms with Gasteiger partial charge in [-0.05, 0) is 50.5 Å². The molecule has 0 unspecified atom stereocenters. The number of phenolic OH excluding ortho intramolecular Hbond substituents is 1. The van der Waals surface area contributed by atoms with Crippen molar-refractivity contribution in [1.82, 2.24) is 5.43 Å². The van der Waals surface area contributed by atoms with Gasteiger partial charge in [-0.3, -0.25) is 9.59 Å². The fourth-order valence-electron chi connectivity index (χ4n) is 2.39. The molecule has 0 heterocycles. The van der Waals surface area contributed by atoms with Crippen LogP contribution in [-0.2, 0) is 9.59 Å². The molecular weight excluding hydrogens is 409 g/mol. The van der Waals surface area contributed by atoms with Crippen LogP contribution >= 0.6 is 15.9 Å². The van der Waals surface area contributed by atoms with E-state index in [1.54, 1.807) is 18.2 Å². The summed E-state index contributed by atoms with van der Waals surface area (Å²) < 4.78 is 0.393. The summed E-state index contributed by atoms with van der Waals surface area (Å²) in [6.07, 6.45) is 1.31. The van der Waals surface area contributed by atoms with E-state index >= 15 is 0 Å². The highest BCUT2D eigenvalue weighted by atomic mass is 79.9. The number of phenols is 1. The van der Waals surface area contributed by atoms with Gasteiger partial charge in [0.25, 0.3) is 0 Å². The van der Waals surface area contributed by atoms with Crippen LogP contribution in [0.1, 0.15) is 5.56 Å². The summed E-state index contributed by atoms with van der Waals surface area (Å²) in [5.74, 6) is -1.83. The first-order chi connectivity index (χ1) is 12.9. The molecule has 8 heteroatoms. The van der Waals surface area contributed by atoms with E-state index in [4.69, 9.17) is 7.85 Å². The second-order valence-electron chi connectivity index (χ2n) is 5.66. The second-order valence-corrected chi connectivity index (χ2v) is 6.51. The van der Waals surface area contributed by atoms with Crippen LogP contribution in [0.4, 0.5) is 5.69 Å². The van der Waals surface area contributed by atoms with Gasteiger partial charge in [0.05, 0.1) is 10.7 Å². The molecule has 0 aliphatic rings. The number of amides is 2. The van der Waals surface area contributed by atoms with E-state index in [1.165, 1.54) is 12.3 Å². The van der Waals surface area contributed by atoms with E-state index in [-0.39, 0.29) is 11.2 Å². The first kappa shape index (κ1) is 18.7. The van der Waals surface area contributed by atoms with E-state index in [9.17, 15) is 14.7 Å². The molecule has 2 amide bonds. The fraction of sp³-hybridized carbons (Fsp3) is 0. The molecule has 0 atom stereocenters. The number of hydrogen-bond acceptors (Lipinski definition) is 4. The van der Waals surface area contributed by atoms with E-state index in [2.05, 4.69) is 31.8 Å². The van der Waals surface area contributed by atoms with Crippen molar-refractivity contribution in [2.24, 2.45) is 5.10 Å². The molecule has 27 heavy (non-hydrogen) atoms. The minimum absolute atomic E-state index is 0.0778. The molecule has 3 rings (SSSR count). The van der Waals surface area contributed by atoms with Crippen LogP contribution < -0.4 is 16.2 Å². The number of hydrazone groups is 1. The van der Waals surface area contributed by atoms with E-state index in [1.807, 2.05) is 30.3 Å². The van der Waals surface area contributed by atoms with Gasteiger partial charge in [0, 0.05) is 5.69 Å². The highest BCUT2D eigenvalue weighted by Crippen LogP contribution is 2.21. The third-order valence-corrected chi connectivity index (χ3v) is 4.31. The first-order valence-corrected chi connectivity index (χ1v) is 8.64. The van der Waals surface area contributed by atoms with Gasteiger partial charge in [0.2, 0.25) is 0 Å². The predicted octanol–water partition coefficient (Wildman–Crippen LogP) is 2.19. The Balaban J connectivity index is 1.62. The average molecular weight is 422 g/mol. The number of nitrogens with one attached hydrogen (secondary N) is 2. The van der Waals surface area contributed by atoms with Gasteiger partial charge in [-0.1, -0.05) is 41.9 Å². The van der Waals surface area contributed by atoms with Crippen LogP contribution in [0, 0.1) is 0 Å². The summed E-state index contributed by atoms with van der Waals surface area (Å²) in [7, 11) is 5.63. The summed E-state index contributed by atoms with van der Waals surface area (Å²) >= 11 is 3.15. The number of hydrogen-bond donors (Lipinski definition) is 3. The van der Waals surface area contributed by atoms with E-state index < -0.39 is 11.8 Å². The topological polar surface area (TPSA) is 90.8 Å². The molecule has 0 saturated carbocycles. The number of carbonyl (C=O) groups excluding carboxylic acids is 2. The van der Waals surface area contributed by atoms with E-state index in [0.29, 0.717) is 15.7 Å². The third-order valence-electron chi connectivity index (χ3n) is 3.71. The minimum Gasteiger partial charge on any atom is -0.507 e. The molecule has 0 spiro atoms. The Kier molecular flexibility index (Phi) is 5.56. The van der Waals surface area contributed by atoms with Gasteiger partial charge in [-0.2, -0.15) is 5.10 Å². The number of halogens is 1. The maximum Gasteiger partial charge on any atom is 0.329 e. The van der Waals surface area contributed by atoms with Crippen molar-refractivity contribution < 1.29 is 14.7 Å². The number of nitrogens with zero attached hydrogens (tertiary/aromatic N) is 1. The number of rotatable bonds is 3. The molecule has 3 aromatic carbocycles. The lowest BCUT2D eigenvalue weighted by molar-refractivity contribution is -0.136. The van der Waals surface area contributed by atoms with Crippen molar-refractivity contribution in [2.75, 3.05) is 5.32 Å². The lowest BCUT2D eigenvalue weighted by Gasteiger charge is -2.06. The van der Waals surface area contributed by atoms with Gasteiger partial charge >= 0.3 is 11.8 Å². The summed E-state index contributed by atoms with van der Waals surface area (Å²) in [5, 5.41) is 17.8. The molecular formula is C19H13BBrN3O3. The molecule has 0 aliphatic heterocycles. The summed E-state index contributed by atoms with van der Waals surface area (Å²) in [6, 6.07) is 16.1.